The first-order valence-electron chi connectivity index (χ1n) is 5.55. The number of halogens is 1. The first-order chi connectivity index (χ1) is 9.32. The highest BCUT2D eigenvalue weighted by molar-refractivity contribution is 7.89. The van der Waals surface area contributed by atoms with Gasteiger partial charge in [-0.2, -0.15) is 5.26 Å². The molecule has 0 spiro atoms. The van der Waals surface area contributed by atoms with Gasteiger partial charge < -0.3 is 4.74 Å². The fourth-order valence-electron chi connectivity index (χ4n) is 1.40. The highest BCUT2D eigenvalue weighted by Crippen LogP contribution is 2.22. The van der Waals surface area contributed by atoms with Gasteiger partial charge in [0, 0.05) is 13.6 Å². The number of sulfonamides is 1. The Balaban J connectivity index is 2.96. The fourth-order valence-corrected chi connectivity index (χ4v) is 2.88. The van der Waals surface area contributed by atoms with Gasteiger partial charge in [0.05, 0.1) is 29.0 Å². The molecule has 1 rings (SSSR count). The van der Waals surface area contributed by atoms with Crippen LogP contribution in [0.15, 0.2) is 23.1 Å². The lowest BCUT2D eigenvalue weighted by molar-refractivity contribution is -0.140. The van der Waals surface area contributed by atoms with E-state index in [0.717, 1.165) is 4.31 Å². The van der Waals surface area contributed by atoms with Crippen LogP contribution in [-0.2, 0) is 19.6 Å². The minimum atomic E-state index is -3.76. The molecule has 0 saturated carbocycles. The highest BCUT2D eigenvalue weighted by atomic mass is 35.5. The second-order valence-electron chi connectivity index (χ2n) is 3.91. The van der Waals surface area contributed by atoms with Gasteiger partial charge in [-0.3, -0.25) is 4.79 Å². The molecule has 6 nitrogen and oxygen atoms in total. The van der Waals surface area contributed by atoms with Crippen LogP contribution in [-0.4, -0.2) is 39.4 Å². The molecule has 1 aromatic carbocycles. The molecule has 1 aromatic rings. The Bertz CT molecular complexity index is 652. The maximum absolute atomic E-state index is 12.2. The van der Waals surface area contributed by atoms with Gasteiger partial charge in [0.1, 0.15) is 6.07 Å². The van der Waals surface area contributed by atoms with Crippen molar-refractivity contribution in [2.45, 2.75) is 11.3 Å². The first kappa shape index (κ1) is 16.4. The van der Waals surface area contributed by atoms with Crippen LogP contribution < -0.4 is 0 Å². The molecule has 0 aliphatic carbocycles. The number of hydrogen-bond acceptors (Lipinski definition) is 5. The third-order valence-electron chi connectivity index (χ3n) is 2.63. The van der Waals surface area contributed by atoms with Crippen LogP contribution >= 0.6 is 11.6 Å². The molecule has 0 heterocycles. The molecule has 0 N–H and O–H groups in total. The summed E-state index contributed by atoms with van der Waals surface area (Å²) in [5.41, 5.74) is 0.197. The Hall–Kier alpha value is -1.62. The predicted molar refractivity (Wildman–Crippen MR) is 72.6 cm³/mol. The lowest BCUT2D eigenvalue weighted by atomic mass is 10.2. The van der Waals surface area contributed by atoms with Crippen LogP contribution in [0.3, 0.4) is 0 Å². The van der Waals surface area contributed by atoms with E-state index in [4.69, 9.17) is 16.9 Å². The molecule has 8 heteroatoms. The summed E-state index contributed by atoms with van der Waals surface area (Å²) in [6.45, 7) is -0.00731. The number of nitrogens with zero attached hydrogens (tertiary/aromatic N) is 2. The number of esters is 1. The van der Waals surface area contributed by atoms with E-state index in [1.807, 2.05) is 6.07 Å². The van der Waals surface area contributed by atoms with Crippen molar-refractivity contribution in [3.63, 3.8) is 0 Å². The van der Waals surface area contributed by atoms with E-state index in [1.165, 1.54) is 32.4 Å². The van der Waals surface area contributed by atoms with Gasteiger partial charge in [0.2, 0.25) is 10.0 Å². The number of methoxy groups -OCH3 is 1. The zero-order chi connectivity index (χ0) is 15.3. The normalized spacial score (nSPS) is 11.2. The number of hydrogen-bond donors (Lipinski definition) is 0. The minimum Gasteiger partial charge on any atom is -0.469 e. The fraction of sp³-hybridized carbons (Fsp3) is 0.333. The average molecular weight is 317 g/mol. The van der Waals surface area contributed by atoms with Crippen LogP contribution in [0, 0.1) is 11.3 Å². The van der Waals surface area contributed by atoms with Gasteiger partial charge in [0.25, 0.3) is 0 Å². The lowest BCUT2D eigenvalue weighted by Crippen LogP contribution is -2.29. The predicted octanol–water partition coefficient (Wildman–Crippen LogP) is 1.40. The largest absolute Gasteiger partial charge is 0.469 e. The molecule has 0 aliphatic heterocycles. The Labute approximate surface area is 122 Å². The molecule has 20 heavy (non-hydrogen) atoms. The third kappa shape index (κ3) is 3.70. The van der Waals surface area contributed by atoms with Crippen molar-refractivity contribution in [1.29, 1.82) is 5.26 Å². The van der Waals surface area contributed by atoms with E-state index in [9.17, 15) is 13.2 Å². The monoisotopic (exact) mass is 316 g/mol. The number of ether oxygens (including phenoxy) is 1. The Morgan fingerprint density at radius 3 is 2.65 bits per heavy atom. The van der Waals surface area contributed by atoms with Crippen molar-refractivity contribution in [3.05, 3.63) is 28.8 Å². The van der Waals surface area contributed by atoms with E-state index in [-0.39, 0.29) is 28.4 Å². The van der Waals surface area contributed by atoms with Gasteiger partial charge >= 0.3 is 5.97 Å². The number of nitriles is 1. The summed E-state index contributed by atoms with van der Waals surface area (Å²) < 4.78 is 29.9. The van der Waals surface area contributed by atoms with E-state index in [2.05, 4.69) is 4.74 Å². The summed E-state index contributed by atoms with van der Waals surface area (Å²) >= 11 is 5.81. The highest BCUT2D eigenvalue weighted by Gasteiger charge is 2.22. The SMILES string of the molecule is COC(=O)CCN(C)S(=O)(=O)c1ccc(C#N)c(Cl)c1. The van der Waals surface area contributed by atoms with Crippen LogP contribution in [0.1, 0.15) is 12.0 Å². The van der Waals surface area contributed by atoms with Crippen LogP contribution in [0.2, 0.25) is 5.02 Å². The van der Waals surface area contributed by atoms with Crippen LogP contribution in [0.5, 0.6) is 0 Å². The maximum Gasteiger partial charge on any atom is 0.306 e. The molecule has 0 atom stereocenters. The number of benzene rings is 1. The minimum absolute atomic E-state index is 0.00731. The molecule has 108 valence electrons. The van der Waals surface area contributed by atoms with Crippen LogP contribution in [0.25, 0.3) is 0 Å². The molecule has 0 unspecified atom stereocenters. The van der Waals surface area contributed by atoms with E-state index >= 15 is 0 Å². The second-order valence-corrected chi connectivity index (χ2v) is 6.36. The van der Waals surface area contributed by atoms with Crippen molar-refractivity contribution < 1.29 is 17.9 Å². The lowest BCUT2D eigenvalue weighted by Gasteiger charge is -2.16. The average Bonchev–Trinajstić information content (AvgIpc) is 2.43. The topological polar surface area (TPSA) is 87.5 Å². The van der Waals surface area contributed by atoms with Crippen molar-refractivity contribution in [2.24, 2.45) is 0 Å². The molecule has 0 aliphatic rings. The second kappa shape index (κ2) is 6.70. The summed E-state index contributed by atoms with van der Waals surface area (Å²) in [4.78, 5) is 11.0. The van der Waals surface area contributed by atoms with E-state index in [1.54, 1.807) is 0 Å². The Morgan fingerprint density at radius 2 is 2.15 bits per heavy atom. The zero-order valence-electron chi connectivity index (χ0n) is 11.0. The van der Waals surface area contributed by atoms with Gasteiger partial charge in [-0.25, -0.2) is 12.7 Å². The van der Waals surface area contributed by atoms with Crippen LogP contribution in [0.4, 0.5) is 0 Å². The number of rotatable bonds is 5. The summed E-state index contributed by atoms with van der Waals surface area (Å²) in [6, 6.07) is 5.70. The molecular weight excluding hydrogens is 304 g/mol. The van der Waals surface area contributed by atoms with Crippen molar-refractivity contribution in [1.82, 2.24) is 4.31 Å². The summed E-state index contributed by atoms with van der Waals surface area (Å²) in [6.07, 6.45) is -0.0454. The summed E-state index contributed by atoms with van der Waals surface area (Å²) in [5, 5.41) is 8.81. The van der Waals surface area contributed by atoms with Gasteiger partial charge in [0.15, 0.2) is 0 Å². The molecule has 0 saturated heterocycles. The maximum atomic E-state index is 12.2. The molecular formula is C12H13ClN2O4S. The third-order valence-corrected chi connectivity index (χ3v) is 4.79. The zero-order valence-corrected chi connectivity index (χ0v) is 12.5. The first-order valence-corrected chi connectivity index (χ1v) is 7.37. The summed E-state index contributed by atoms with van der Waals surface area (Å²) in [5.74, 6) is -0.495. The number of carbonyl (C=O) groups is 1. The molecule has 0 aromatic heterocycles. The molecule has 0 fully saturated rings. The van der Waals surface area contributed by atoms with Crippen molar-refractivity contribution in [2.75, 3.05) is 20.7 Å². The van der Waals surface area contributed by atoms with E-state index < -0.39 is 16.0 Å². The van der Waals surface area contributed by atoms with Gasteiger partial charge in [-0.15, -0.1) is 0 Å². The van der Waals surface area contributed by atoms with Gasteiger partial charge in [-0.05, 0) is 18.2 Å². The number of carbonyl (C=O) groups excluding carboxylic acids is 1. The molecule has 0 bridgehead atoms. The van der Waals surface area contributed by atoms with Crippen molar-refractivity contribution in [3.8, 4) is 6.07 Å². The summed E-state index contributed by atoms with van der Waals surface area (Å²) in [7, 11) is -1.17. The quantitative estimate of drug-likeness (QED) is 0.766. The van der Waals surface area contributed by atoms with E-state index in [0.29, 0.717) is 0 Å². The Morgan fingerprint density at radius 1 is 1.50 bits per heavy atom. The standard InChI is InChI=1S/C12H13ClN2O4S/c1-15(6-5-12(16)19-2)20(17,18)10-4-3-9(8-14)11(13)7-10/h3-4,7H,5-6H2,1-2H3. The smallest absolute Gasteiger partial charge is 0.306 e. The Kier molecular flexibility index (Phi) is 5.51. The molecule has 0 amide bonds. The van der Waals surface area contributed by atoms with Gasteiger partial charge in [-0.1, -0.05) is 11.6 Å². The van der Waals surface area contributed by atoms with Crippen molar-refractivity contribution >= 4 is 27.6 Å². The molecule has 0 radical (unpaired) electrons.